The molecule has 1 amide bonds. The van der Waals surface area contributed by atoms with Gasteiger partial charge in [0.15, 0.2) is 6.61 Å². The van der Waals surface area contributed by atoms with Crippen LogP contribution >= 0.6 is 0 Å². The van der Waals surface area contributed by atoms with Gasteiger partial charge in [-0.1, -0.05) is 0 Å². The van der Waals surface area contributed by atoms with Crippen LogP contribution in [0.25, 0.3) is 0 Å². The van der Waals surface area contributed by atoms with E-state index in [0.717, 1.165) is 0 Å². The van der Waals surface area contributed by atoms with Crippen LogP contribution in [0.1, 0.15) is 0 Å². The van der Waals surface area contributed by atoms with E-state index in [4.69, 9.17) is 9.57 Å². The van der Waals surface area contributed by atoms with Crippen molar-refractivity contribution >= 4 is 11.6 Å². The molecule has 0 radical (unpaired) electrons. The number of amides is 1. The lowest BCUT2D eigenvalue weighted by Crippen LogP contribution is -2.37. The first-order valence-corrected chi connectivity index (χ1v) is 3.77. The molecule has 0 saturated carbocycles. The number of carbonyl (C=O) groups is 1. The first-order valence-electron chi connectivity index (χ1n) is 3.77. The molecule has 1 aliphatic rings. The molecule has 0 saturated heterocycles. The van der Waals surface area contributed by atoms with Gasteiger partial charge in [-0.05, 0) is 0 Å². The molecule has 0 aromatic carbocycles. The van der Waals surface area contributed by atoms with Gasteiger partial charge in [-0.25, -0.2) is 0 Å². The second-order valence-corrected chi connectivity index (χ2v) is 2.50. The molecule has 0 N–H and O–H groups in total. The number of carbonyl (C=O) groups excluding carboxylic acids is 1. The number of aromatic nitrogens is 1. The Labute approximate surface area is 74.8 Å². The molecular formula is C8H8N2O3. The molecule has 68 valence electrons. The fraction of sp³-hybridized carbons (Fsp3) is 0.250. The van der Waals surface area contributed by atoms with E-state index in [2.05, 4.69) is 4.98 Å². The number of pyridine rings is 1. The predicted molar refractivity (Wildman–Crippen MR) is 44.2 cm³/mol. The van der Waals surface area contributed by atoms with Crippen molar-refractivity contribution < 1.29 is 14.4 Å². The van der Waals surface area contributed by atoms with Crippen LogP contribution < -0.4 is 9.80 Å². The minimum absolute atomic E-state index is 0.00481. The number of hydroxylamine groups is 1. The molecule has 13 heavy (non-hydrogen) atoms. The van der Waals surface area contributed by atoms with Crippen LogP contribution in [-0.4, -0.2) is 24.6 Å². The van der Waals surface area contributed by atoms with Gasteiger partial charge in [-0.15, -0.1) is 0 Å². The van der Waals surface area contributed by atoms with Crippen LogP contribution in [0.2, 0.25) is 0 Å². The zero-order valence-corrected chi connectivity index (χ0v) is 7.06. The molecule has 0 aliphatic carbocycles. The number of hydrogen-bond donors (Lipinski definition) is 0. The average molecular weight is 180 g/mol. The van der Waals surface area contributed by atoms with Crippen LogP contribution in [0.15, 0.2) is 18.5 Å². The molecule has 1 aromatic heterocycles. The fourth-order valence-electron chi connectivity index (χ4n) is 1.18. The van der Waals surface area contributed by atoms with E-state index in [0.29, 0.717) is 11.4 Å². The summed E-state index contributed by atoms with van der Waals surface area (Å²) in [4.78, 5) is 20.0. The van der Waals surface area contributed by atoms with Gasteiger partial charge >= 0.3 is 0 Å². The maximum atomic E-state index is 11.2. The van der Waals surface area contributed by atoms with E-state index in [1.807, 2.05) is 0 Å². The second kappa shape index (κ2) is 3.02. The Balaban J connectivity index is 2.45. The number of nitrogens with zero attached hydrogens (tertiary/aromatic N) is 2. The Morgan fingerprint density at radius 1 is 1.69 bits per heavy atom. The molecule has 1 aliphatic heterocycles. The van der Waals surface area contributed by atoms with Crippen molar-refractivity contribution in [3.05, 3.63) is 18.5 Å². The molecule has 0 fully saturated rings. The summed E-state index contributed by atoms with van der Waals surface area (Å²) in [5.41, 5.74) is 0.543. The summed E-state index contributed by atoms with van der Waals surface area (Å²) >= 11 is 0. The fourth-order valence-corrected chi connectivity index (χ4v) is 1.18. The molecule has 1 aromatic rings. The van der Waals surface area contributed by atoms with E-state index in [9.17, 15) is 4.79 Å². The largest absolute Gasteiger partial charge is 0.481 e. The third-order valence-electron chi connectivity index (χ3n) is 1.74. The van der Waals surface area contributed by atoms with Gasteiger partial charge in [-0.2, -0.15) is 5.06 Å². The minimum Gasteiger partial charge on any atom is -0.481 e. The molecule has 0 atom stereocenters. The Bertz CT molecular complexity index is 340. The monoisotopic (exact) mass is 180 g/mol. The Morgan fingerprint density at radius 3 is 3.31 bits per heavy atom. The van der Waals surface area contributed by atoms with E-state index in [1.54, 1.807) is 12.3 Å². The van der Waals surface area contributed by atoms with Crippen molar-refractivity contribution in [3.63, 3.8) is 0 Å². The summed E-state index contributed by atoms with van der Waals surface area (Å²) in [6, 6.07) is 1.69. The second-order valence-electron chi connectivity index (χ2n) is 2.50. The zero-order valence-electron chi connectivity index (χ0n) is 7.06. The van der Waals surface area contributed by atoms with Gasteiger partial charge in [0.1, 0.15) is 11.4 Å². The topological polar surface area (TPSA) is 51.7 Å². The zero-order chi connectivity index (χ0) is 9.26. The summed E-state index contributed by atoms with van der Waals surface area (Å²) in [5, 5.41) is 1.17. The lowest BCUT2D eigenvalue weighted by Gasteiger charge is -2.25. The standard InChI is InChI=1S/C8H8N2O3/c1-12-10-6-4-9-3-2-7(6)13-5-8(10)11/h2-4H,5H2,1H3. The SMILES string of the molecule is CON1C(=O)COc2ccncc21. The summed E-state index contributed by atoms with van der Waals surface area (Å²) in [6.45, 7) is 0.00481. The van der Waals surface area contributed by atoms with E-state index < -0.39 is 0 Å². The maximum Gasteiger partial charge on any atom is 0.288 e. The van der Waals surface area contributed by atoms with Crippen LogP contribution in [-0.2, 0) is 9.63 Å². The van der Waals surface area contributed by atoms with Gasteiger partial charge in [0.2, 0.25) is 0 Å². The van der Waals surface area contributed by atoms with Crippen molar-refractivity contribution in [1.29, 1.82) is 0 Å². The smallest absolute Gasteiger partial charge is 0.288 e. The molecule has 5 nitrogen and oxygen atoms in total. The minimum atomic E-state index is -0.233. The van der Waals surface area contributed by atoms with Crippen LogP contribution in [0.4, 0.5) is 5.69 Å². The Hall–Kier alpha value is -1.62. The number of ether oxygens (including phenoxy) is 1. The van der Waals surface area contributed by atoms with Crippen LogP contribution in [0.3, 0.4) is 0 Å². The molecular weight excluding hydrogens is 172 g/mol. The molecule has 0 spiro atoms. The molecule has 0 bridgehead atoms. The molecule has 2 heterocycles. The highest BCUT2D eigenvalue weighted by Crippen LogP contribution is 2.30. The third kappa shape index (κ3) is 1.23. The van der Waals surface area contributed by atoms with Crippen molar-refractivity contribution in [2.75, 3.05) is 18.8 Å². The van der Waals surface area contributed by atoms with Gasteiger partial charge in [0.25, 0.3) is 5.91 Å². The van der Waals surface area contributed by atoms with Crippen molar-refractivity contribution in [3.8, 4) is 5.75 Å². The highest BCUT2D eigenvalue weighted by molar-refractivity contribution is 5.95. The Morgan fingerprint density at radius 2 is 2.54 bits per heavy atom. The molecule has 0 unspecified atom stereocenters. The lowest BCUT2D eigenvalue weighted by molar-refractivity contribution is -0.128. The van der Waals surface area contributed by atoms with Crippen molar-refractivity contribution in [1.82, 2.24) is 4.98 Å². The Kier molecular flexibility index (Phi) is 1.86. The molecule has 5 heteroatoms. The lowest BCUT2D eigenvalue weighted by atomic mass is 10.3. The maximum absolute atomic E-state index is 11.2. The van der Waals surface area contributed by atoms with Crippen LogP contribution in [0, 0.1) is 0 Å². The highest BCUT2D eigenvalue weighted by atomic mass is 16.7. The number of rotatable bonds is 1. The third-order valence-corrected chi connectivity index (χ3v) is 1.74. The van der Waals surface area contributed by atoms with Gasteiger partial charge in [0, 0.05) is 12.3 Å². The molecule has 2 rings (SSSR count). The first kappa shape index (κ1) is 8.00. The normalized spacial score (nSPS) is 15.2. The van der Waals surface area contributed by atoms with Gasteiger partial charge in [0.05, 0.1) is 13.3 Å². The first-order chi connectivity index (χ1) is 6.33. The summed E-state index contributed by atoms with van der Waals surface area (Å²) in [5.74, 6) is 0.374. The number of hydrogen-bond acceptors (Lipinski definition) is 4. The summed E-state index contributed by atoms with van der Waals surface area (Å²) < 4.78 is 5.16. The van der Waals surface area contributed by atoms with E-state index >= 15 is 0 Å². The van der Waals surface area contributed by atoms with Crippen LogP contribution in [0.5, 0.6) is 5.75 Å². The number of fused-ring (bicyclic) bond motifs is 1. The van der Waals surface area contributed by atoms with Crippen molar-refractivity contribution in [2.45, 2.75) is 0 Å². The quantitative estimate of drug-likeness (QED) is 0.626. The van der Waals surface area contributed by atoms with E-state index in [1.165, 1.54) is 18.4 Å². The van der Waals surface area contributed by atoms with Crippen molar-refractivity contribution in [2.24, 2.45) is 0 Å². The average Bonchev–Trinajstić information content (AvgIpc) is 2.18. The van der Waals surface area contributed by atoms with E-state index in [-0.39, 0.29) is 12.5 Å². The van der Waals surface area contributed by atoms with Gasteiger partial charge in [-0.3, -0.25) is 14.6 Å². The summed E-state index contributed by atoms with van der Waals surface area (Å²) in [6.07, 6.45) is 3.12. The summed E-state index contributed by atoms with van der Waals surface area (Å²) in [7, 11) is 1.43. The van der Waals surface area contributed by atoms with Gasteiger partial charge < -0.3 is 4.74 Å². The highest BCUT2D eigenvalue weighted by Gasteiger charge is 2.25. The predicted octanol–water partition coefficient (Wildman–Crippen LogP) is 0.368. The number of anilines is 1.